The van der Waals surface area contributed by atoms with E-state index < -0.39 is 0 Å². The van der Waals surface area contributed by atoms with Crippen LogP contribution in [0.3, 0.4) is 0 Å². The van der Waals surface area contributed by atoms with E-state index in [0.29, 0.717) is 10.8 Å². The van der Waals surface area contributed by atoms with Gasteiger partial charge in [0.15, 0.2) is 0 Å². The zero-order chi connectivity index (χ0) is 13.1. The fourth-order valence-corrected chi connectivity index (χ4v) is 2.10. The molecule has 18 heavy (non-hydrogen) atoms. The number of rotatable bonds is 3. The first-order valence-corrected chi connectivity index (χ1v) is 6.26. The summed E-state index contributed by atoms with van der Waals surface area (Å²) in [6.07, 6.45) is 0. The fourth-order valence-electron chi connectivity index (χ4n) is 1.91. The Labute approximate surface area is 112 Å². The Kier molecular flexibility index (Phi) is 3.78. The molecular formula is C15H16ClNO. The van der Waals surface area contributed by atoms with Gasteiger partial charge in [0.1, 0.15) is 5.75 Å². The van der Waals surface area contributed by atoms with Crippen molar-refractivity contribution in [3.63, 3.8) is 0 Å². The second-order valence-corrected chi connectivity index (χ2v) is 4.82. The highest BCUT2D eigenvalue weighted by atomic mass is 35.5. The van der Waals surface area contributed by atoms with Gasteiger partial charge in [0.2, 0.25) is 0 Å². The molecule has 0 aliphatic rings. The van der Waals surface area contributed by atoms with E-state index in [2.05, 4.69) is 5.32 Å². The van der Waals surface area contributed by atoms with Gasteiger partial charge in [-0.2, -0.15) is 0 Å². The molecule has 2 N–H and O–H groups in total. The number of hydrogen-bond acceptors (Lipinski definition) is 2. The molecule has 2 rings (SSSR count). The summed E-state index contributed by atoms with van der Waals surface area (Å²) >= 11 is 6.10. The summed E-state index contributed by atoms with van der Waals surface area (Å²) in [7, 11) is 0. The maximum atomic E-state index is 9.94. The summed E-state index contributed by atoms with van der Waals surface area (Å²) in [5.41, 5.74) is 2.77. The average molecular weight is 262 g/mol. The summed E-state index contributed by atoms with van der Waals surface area (Å²) < 4.78 is 0. The highest BCUT2D eigenvalue weighted by Gasteiger charge is 2.11. The molecule has 0 aliphatic heterocycles. The van der Waals surface area contributed by atoms with E-state index in [-0.39, 0.29) is 6.04 Å². The number of para-hydroxylation sites is 1. The minimum atomic E-state index is -0.00880. The Balaban J connectivity index is 2.22. The molecule has 0 saturated carbocycles. The summed E-state index contributed by atoms with van der Waals surface area (Å²) in [5.74, 6) is 0.307. The molecule has 2 aromatic rings. The van der Waals surface area contributed by atoms with Crippen LogP contribution in [0.25, 0.3) is 0 Å². The first-order valence-electron chi connectivity index (χ1n) is 5.88. The molecular weight excluding hydrogens is 246 g/mol. The molecule has 0 heterocycles. The largest absolute Gasteiger partial charge is 0.508 e. The van der Waals surface area contributed by atoms with Gasteiger partial charge in [0.05, 0.1) is 16.8 Å². The molecule has 1 atom stereocenters. The van der Waals surface area contributed by atoms with Gasteiger partial charge in [-0.3, -0.25) is 0 Å². The van der Waals surface area contributed by atoms with Gasteiger partial charge in [0, 0.05) is 5.56 Å². The van der Waals surface area contributed by atoms with Gasteiger partial charge < -0.3 is 10.4 Å². The maximum absolute atomic E-state index is 9.94. The Morgan fingerprint density at radius 1 is 1.17 bits per heavy atom. The van der Waals surface area contributed by atoms with E-state index in [0.717, 1.165) is 16.8 Å². The van der Waals surface area contributed by atoms with Crippen LogP contribution in [0.4, 0.5) is 5.69 Å². The molecule has 1 unspecified atom stereocenters. The second kappa shape index (κ2) is 5.32. The van der Waals surface area contributed by atoms with Crippen LogP contribution in [-0.2, 0) is 0 Å². The van der Waals surface area contributed by atoms with Crippen LogP contribution >= 0.6 is 11.6 Å². The topological polar surface area (TPSA) is 32.3 Å². The van der Waals surface area contributed by atoms with Gasteiger partial charge in [-0.15, -0.1) is 0 Å². The predicted octanol–water partition coefficient (Wildman–Crippen LogP) is 4.53. The number of phenolic OH excluding ortho intramolecular Hbond substituents is 1. The number of aromatic hydroxyl groups is 1. The second-order valence-electron chi connectivity index (χ2n) is 4.41. The van der Waals surface area contributed by atoms with Crippen molar-refractivity contribution in [2.75, 3.05) is 5.32 Å². The lowest BCUT2D eigenvalue weighted by molar-refractivity contribution is 0.465. The van der Waals surface area contributed by atoms with Crippen molar-refractivity contribution in [2.45, 2.75) is 19.9 Å². The van der Waals surface area contributed by atoms with E-state index in [9.17, 15) is 5.11 Å². The summed E-state index contributed by atoms with van der Waals surface area (Å²) in [5, 5.41) is 13.9. The zero-order valence-electron chi connectivity index (χ0n) is 10.4. The molecule has 0 aromatic heterocycles. The molecule has 0 bridgehead atoms. The highest BCUT2D eigenvalue weighted by molar-refractivity contribution is 6.33. The third-order valence-corrected chi connectivity index (χ3v) is 3.23. The average Bonchev–Trinajstić information content (AvgIpc) is 2.32. The van der Waals surface area contributed by atoms with Crippen molar-refractivity contribution in [2.24, 2.45) is 0 Å². The van der Waals surface area contributed by atoms with E-state index in [4.69, 9.17) is 11.6 Å². The number of hydrogen-bond donors (Lipinski definition) is 2. The zero-order valence-corrected chi connectivity index (χ0v) is 11.2. The van der Waals surface area contributed by atoms with Crippen molar-refractivity contribution < 1.29 is 5.11 Å². The fraction of sp³-hybridized carbons (Fsp3) is 0.200. The van der Waals surface area contributed by atoms with E-state index in [1.54, 1.807) is 6.07 Å². The minimum Gasteiger partial charge on any atom is -0.508 e. The monoisotopic (exact) mass is 261 g/mol. The third-order valence-electron chi connectivity index (χ3n) is 2.90. The lowest BCUT2D eigenvalue weighted by Gasteiger charge is -2.18. The van der Waals surface area contributed by atoms with Crippen molar-refractivity contribution >= 4 is 17.3 Å². The number of halogens is 1. The molecule has 0 saturated heterocycles. The Bertz CT molecular complexity index is 554. The number of benzene rings is 2. The first-order chi connectivity index (χ1) is 8.58. The summed E-state index contributed by atoms with van der Waals surface area (Å²) in [4.78, 5) is 0. The Morgan fingerprint density at radius 2 is 1.89 bits per heavy atom. The van der Waals surface area contributed by atoms with Gasteiger partial charge in [-0.1, -0.05) is 35.9 Å². The van der Waals surface area contributed by atoms with Gasteiger partial charge in [-0.05, 0) is 37.6 Å². The number of nitrogens with one attached hydrogen (secondary N) is 1. The normalized spacial score (nSPS) is 12.2. The van der Waals surface area contributed by atoms with E-state index in [1.165, 1.54) is 0 Å². The molecule has 3 heteroatoms. The molecule has 2 aromatic carbocycles. The van der Waals surface area contributed by atoms with Crippen LogP contribution in [0.1, 0.15) is 24.1 Å². The standard InChI is InChI=1S/C15H16ClNO/c1-10-7-8-12(15(18)9-10)11(2)17-14-6-4-3-5-13(14)16/h3-9,11,17-18H,1-2H3. The van der Waals surface area contributed by atoms with Crippen LogP contribution in [0.15, 0.2) is 42.5 Å². The van der Waals surface area contributed by atoms with Crippen LogP contribution in [-0.4, -0.2) is 5.11 Å². The quantitative estimate of drug-likeness (QED) is 0.851. The third kappa shape index (κ3) is 2.77. The lowest BCUT2D eigenvalue weighted by atomic mass is 10.0. The number of aryl methyl sites for hydroxylation is 1. The van der Waals surface area contributed by atoms with Gasteiger partial charge >= 0.3 is 0 Å². The molecule has 2 nitrogen and oxygen atoms in total. The molecule has 0 amide bonds. The van der Waals surface area contributed by atoms with Crippen molar-refractivity contribution in [1.82, 2.24) is 0 Å². The predicted molar refractivity (Wildman–Crippen MR) is 76.3 cm³/mol. The Morgan fingerprint density at radius 3 is 2.56 bits per heavy atom. The molecule has 0 spiro atoms. The smallest absolute Gasteiger partial charge is 0.121 e. The number of phenols is 1. The van der Waals surface area contributed by atoms with Gasteiger partial charge in [0.25, 0.3) is 0 Å². The first kappa shape index (κ1) is 12.8. The molecule has 0 fully saturated rings. The summed E-state index contributed by atoms with van der Waals surface area (Å²) in [6, 6.07) is 13.2. The van der Waals surface area contributed by atoms with Crippen molar-refractivity contribution in [1.29, 1.82) is 0 Å². The molecule has 94 valence electrons. The molecule has 0 radical (unpaired) electrons. The van der Waals surface area contributed by atoms with Crippen molar-refractivity contribution in [3.8, 4) is 5.75 Å². The highest BCUT2D eigenvalue weighted by Crippen LogP contribution is 2.30. The number of anilines is 1. The Hall–Kier alpha value is -1.67. The van der Waals surface area contributed by atoms with Crippen LogP contribution in [0, 0.1) is 6.92 Å². The van der Waals surface area contributed by atoms with E-state index in [1.807, 2.05) is 50.2 Å². The molecule has 0 aliphatic carbocycles. The SMILES string of the molecule is Cc1ccc(C(C)Nc2ccccc2Cl)c(O)c1. The van der Waals surface area contributed by atoms with Crippen molar-refractivity contribution in [3.05, 3.63) is 58.6 Å². The van der Waals surface area contributed by atoms with Crippen LogP contribution in [0.2, 0.25) is 5.02 Å². The van der Waals surface area contributed by atoms with Crippen LogP contribution in [0.5, 0.6) is 5.75 Å². The minimum absolute atomic E-state index is 0.00880. The maximum Gasteiger partial charge on any atom is 0.121 e. The van der Waals surface area contributed by atoms with Gasteiger partial charge in [-0.25, -0.2) is 0 Å². The van der Waals surface area contributed by atoms with E-state index >= 15 is 0 Å². The van der Waals surface area contributed by atoms with Crippen LogP contribution < -0.4 is 5.32 Å². The summed E-state index contributed by atoms with van der Waals surface area (Å²) in [6.45, 7) is 3.95. The lowest BCUT2D eigenvalue weighted by Crippen LogP contribution is -2.07.